The van der Waals surface area contributed by atoms with Gasteiger partial charge in [0.05, 0.1) is 0 Å². The molecule has 0 aliphatic carbocycles. The zero-order chi connectivity index (χ0) is 15.8. The van der Waals surface area contributed by atoms with Gasteiger partial charge in [-0.15, -0.1) is 11.3 Å². The Balaban J connectivity index is 1.74. The molecule has 4 nitrogen and oxygen atoms in total. The monoisotopic (exact) mass is 320 g/mol. The summed E-state index contributed by atoms with van der Waals surface area (Å²) < 4.78 is 5.84. The van der Waals surface area contributed by atoms with Crippen molar-refractivity contribution in [3.8, 4) is 22.0 Å². The summed E-state index contributed by atoms with van der Waals surface area (Å²) in [5, 5.41) is 3.82. The van der Waals surface area contributed by atoms with Crippen molar-refractivity contribution in [3.63, 3.8) is 0 Å². The zero-order valence-corrected chi connectivity index (χ0v) is 12.8. The molecule has 0 aliphatic rings. The van der Waals surface area contributed by atoms with Crippen LogP contribution < -0.4 is 5.73 Å². The van der Waals surface area contributed by atoms with Gasteiger partial charge in [0, 0.05) is 21.9 Å². The van der Waals surface area contributed by atoms with Gasteiger partial charge >= 0.3 is 0 Å². The highest BCUT2D eigenvalue weighted by Crippen LogP contribution is 2.32. The average Bonchev–Trinajstić information content (AvgIpc) is 3.21. The molecule has 5 heteroatoms. The number of nitrogens with two attached hydrogens (primary N) is 1. The largest absolute Gasteiger partial charge is 0.454 e. The van der Waals surface area contributed by atoms with Crippen molar-refractivity contribution >= 4 is 28.2 Å². The molecule has 0 aliphatic heterocycles. The molecule has 0 unspecified atom stereocenters. The molecular formula is C18H12N2O2S. The number of carbonyl (C=O) groups is 1. The minimum absolute atomic E-state index is 0.444. The van der Waals surface area contributed by atoms with Gasteiger partial charge in [0.2, 0.25) is 5.91 Å². The summed E-state index contributed by atoms with van der Waals surface area (Å²) in [5.74, 6) is 0.292. The molecule has 0 saturated carbocycles. The number of fused-ring (bicyclic) bond motifs is 1. The van der Waals surface area contributed by atoms with E-state index in [9.17, 15) is 4.79 Å². The van der Waals surface area contributed by atoms with E-state index in [1.165, 1.54) is 11.3 Å². The normalized spacial score (nSPS) is 11.0. The lowest BCUT2D eigenvalue weighted by molar-refractivity contribution is 0.100. The number of benzene rings is 2. The van der Waals surface area contributed by atoms with E-state index in [0.717, 1.165) is 33.0 Å². The number of para-hydroxylation sites is 1. The van der Waals surface area contributed by atoms with Gasteiger partial charge in [-0.25, -0.2) is 4.98 Å². The van der Waals surface area contributed by atoms with Crippen LogP contribution in [0.5, 0.6) is 0 Å². The van der Waals surface area contributed by atoms with Crippen LogP contribution in [0.4, 0.5) is 0 Å². The van der Waals surface area contributed by atoms with Crippen LogP contribution in [-0.2, 0) is 0 Å². The summed E-state index contributed by atoms with van der Waals surface area (Å²) in [5.41, 5.74) is 8.30. The highest BCUT2D eigenvalue weighted by Gasteiger charge is 2.12. The number of rotatable bonds is 3. The number of primary amides is 1. The fraction of sp³-hybridized carbons (Fsp3) is 0. The van der Waals surface area contributed by atoms with E-state index < -0.39 is 5.91 Å². The summed E-state index contributed by atoms with van der Waals surface area (Å²) in [6.07, 6.45) is 0. The van der Waals surface area contributed by atoms with Crippen LogP contribution in [0.25, 0.3) is 33.0 Å². The second-order valence-corrected chi connectivity index (χ2v) is 5.99. The molecule has 0 bridgehead atoms. The Morgan fingerprint density at radius 1 is 1.09 bits per heavy atom. The molecule has 0 fully saturated rings. The minimum atomic E-state index is -0.444. The van der Waals surface area contributed by atoms with Crippen molar-refractivity contribution in [3.05, 3.63) is 65.5 Å². The number of furan rings is 1. The van der Waals surface area contributed by atoms with Crippen molar-refractivity contribution in [1.82, 2.24) is 4.98 Å². The van der Waals surface area contributed by atoms with Crippen LogP contribution >= 0.6 is 11.3 Å². The lowest BCUT2D eigenvalue weighted by Crippen LogP contribution is -2.10. The molecule has 0 atom stereocenters. The average molecular weight is 320 g/mol. The number of aromatic nitrogens is 1. The molecule has 4 aromatic rings. The van der Waals surface area contributed by atoms with E-state index in [2.05, 4.69) is 4.98 Å². The first kappa shape index (κ1) is 13.7. The Kier molecular flexibility index (Phi) is 3.20. The van der Waals surface area contributed by atoms with Gasteiger partial charge in [-0.2, -0.15) is 0 Å². The van der Waals surface area contributed by atoms with Gasteiger partial charge in [-0.1, -0.05) is 30.3 Å². The maximum Gasteiger partial charge on any atom is 0.248 e. The molecule has 1 amide bonds. The van der Waals surface area contributed by atoms with Crippen LogP contribution in [0.3, 0.4) is 0 Å². The lowest BCUT2D eigenvalue weighted by Gasteiger charge is -1.99. The second-order valence-electron chi connectivity index (χ2n) is 5.13. The standard InChI is InChI=1S/C18H12N2O2S/c19-17(21)12-5-3-6-13(8-12)18-20-14(10-23-18)16-9-11-4-1-2-7-15(11)22-16/h1-10H,(H2,19,21). The summed E-state index contributed by atoms with van der Waals surface area (Å²) in [6.45, 7) is 0. The molecule has 0 spiro atoms. The summed E-state index contributed by atoms with van der Waals surface area (Å²) in [4.78, 5) is 15.9. The Bertz CT molecular complexity index is 983. The number of hydrogen-bond acceptors (Lipinski definition) is 4. The van der Waals surface area contributed by atoms with Gasteiger partial charge in [-0.05, 0) is 24.3 Å². The van der Waals surface area contributed by atoms with Crippen LogP contribution in [0, 0.1) is 0 Å². The minimum Gasteiger partial charge on any atom is -0.454 e. The topological polar surface area (TPSA) is 69.1 Å². The molecule has 0 saturated heterocycles. The highest BCUT2D eigenvalue weighted by molar-refractivity contribution is 7.13. The Labute approximate surface area is 136 Å². The first-order valence-electron chi connectivity index (χ1n) is 7.05. The van der Waals surface area contributed by atoms with E-state index in [0.29, 0.717) is 5.56 Å². The number of amides is 1. The van der Waals surface area contributed by atoms with Gasteiger partial charge in [0.15, 0.2) is 5.76 Å². The van der Waals surface area contributed by atoms with Gasteiger partial charge in [0.25, 0.3) is 0 Å². The Morgan fingerprint density at radius 3 is 2.78 bits per heavy atom. The molecule has 4 rings (SSSR count). The van der Waals surface area contributed by atoms with Crippen molar-refractivity contribution in [2.45, 2.75) is 0 Å². The summed E-state index contributed by atoms with van der Waals surface area (Å²) in [6, 6.07) is 17.0. The van der Waals surface area contributed by atoms with Crippen LogP contribution in [0.2, 0.25) is 0 Å². The van der Waals surface area contributed by atoms with Crippen LogP contribution in [-0.4, -0.2) is 10.9 Å². The molecular weight excluding hydrogens is 308 g/mol. The molecule has 2 N–H and O–H groups in total. The third-order valence-corrected chi connectivity index (χ3v) is 4.47. The third-order valence-electron chi connectivity index (χ3n) is 3.58. The lowest BCUT2D eigenvalue weighted by atomic mass is 10.1. The second kappa shape index (κ2) is 5.37. The van der Waals surface area contributed by atoms with Crippen LogP contribution in [0.1, 0.15) is 10.4 Å². The molecule has 23 heavy (non-hydrogen) atoms. The summed E-state index contributed by atoms with van der Waals surface area (Å²) in [7, 11) is 0. The number of carbonyl (C=O) groups excluding carboxylic acids is 1. The third kappa shape index (κ3) is 2.51. The number of hydrogen-bond donors (Lipinski definition) is 1. The van der Waals surface area contributed by atoms with Crippen LogP contribution in [0.15, 0.2) is 64.4 Å². The van der Waals surface area contributed by atoms with Crippen molar-refractivity contribution in [2.75, 3.05) is 0 Å². The first-order chi connectivity index (χ1) is 11.2. The van der Waals surface area contributed by atoms with E-state index in [4.69, 9.17) is 10.2 Å². The molecule has 0 radical (unpaired) electrons. The van der Waals surface area contributed by atoms with E-state index in [1.807, 2.05) is 41.8 Å². The molecule has 2 heterocycles. The number of thiazole rings is 1. The smallest absolute Gasteiger partial charge is 0.248 e. The predicted octanol–water partition coefficient (Wildman–Crippen LogP) is 4.32. The van der Waals surface area contributed by atoms with E-state index in [-0.39, 0.29) is 0 Å². The quantitative estimate of drug-likeness (QED) is 0.611. The maximum absolute atomic E-state index is 11.3. The van der Waals surface area contributed by atoms with Crippen molar-refractivity contribution in [2.24, 2.45) is 5.73 Å². The molecule has 112 valence electrons. The first-order valence-corrected chi connectivity index (χ1v) is 7.93. The van der Waals surface area contributed by atoms with Crippen molar-refractivity contribution in [1.29, 1.82) is 0 Å². The van der Waals surface area contributed by atoms with Gasteiger partial charge < -0.3 is 10.2 Å². The highest BCUT2D eigenvalue weighted by atomic mass is 32.1. The fourth-order valence-corrected chi connectivity index (χ4v) is 3.24. The van der Waals surface area contributed by atoms with E-state index >= 15 is 0 Å². The number of nitrogens with zero attached hydrogens (tertiary/aromatic N) is 1. The SMILES string of the molecule is NC(=O)c1cccc(-c2nc(-c3cc4ccccc4o3)cs2)c1. The summed E-state index contributed by atoms with van der Waals surface area (Å²) >= 11 is 1.50. The predicted molar refractivity (Wildman–Crippen MR) is 91.3 cm³/mol. The molecule has 2 aromatic heterocycles. The zero-order valence-electron chi connectivity index (χ0n) is 12.0. The van der Waals surface area contributed by atoms with Gasteiger partial charge in [-0.3, -0.25) is 4.79 Å². The Hall–Kier alpha value is -2.92. The van der Waals surface area contributed by atoms with Gasteiger partial charge in [0.1, 0.15) is 16.3 Å². The van der Waals surface area contributed by atoms with E-state index in [1.54, 1.807) is 18.2 Å². The molecule has 2 aromatic carbocycles. The van der Waals surface area contributed by atoms with Crippen molar-refractivity contribution < 1.29 is 9.21 Å². The maximum atomic E-state index is 11.3. The Morgan fingerprint density at radius 2 is 1.96 bits per heavy atom. The fourth-order valence-electron chi connectivity index (χ4n) is 2.43.